The number of hydrogen-bond donors (Lipinski definition) is 1. The summed E-state index contributed by atoms with van der Waals surface area (Å²) in [7, 11) is -5.27. The third kappa shape index (κ3) is 3.39. The number of methoxy groups -OCH3 is 1. The van der Waals surface area contributed by atoms with Crippen LogP contribution in [0.25, 0.3) is 0 Å². The predicted octanol–water partition coefficient (Wildman–Crippen LogP) is 1.04. The molecule has 0 saturated carbocycles. The SMILES string of the molecule is COc1ccc(S(=O)(=O)N[C@H]2CCS(=O)(=O)C2)c2c1CCCC2. The highest BCUT2D eigenvalue weighted by Gasteiger charge is 2.33. The molecule has 0 bridgehead atoms. The quantitative estimate of drug-likeness (QED) is 0.867. The molecule has 23 heavy (non-hydrogen) atoms. The van der Waals surface area contributed by atoms with E-state index in [9.17, 15) is 16.8 Å². The van der Waals surface area contributed by atoms with Crippen molar-refractivity contribution in [2.75, 3.05) is 18.6 Å². The lowest BCUT2D eigenvalue weighted by molar-refractivity contribution is 0.405. The van der Waals surface area contributed by atoms with E-state index in [4.69, 9.17) is 4.74 Å². The number of benzene rings is 1. The van der Waals surface area contributed by atoms with Crippen LogP contribution in [0.2, 0.25) is 0 Å². The van der Waals surface area contributed by atoms with E-state index in [0.29, 0.717) is 12.8 Å². The van der Waals surface area contributed by atoms with E-state index in [1.165, 1.54) is 0 Å². The van der Waals surface area contributed by atoms with Gasteiger partial charge >= 0.3 is 0 Å². The smallest absolute Gasteiger partial charge is 0.241 e. The van der Waals surface area contributed by atoms with E-state index in [1.807, 2.05) is 0 Å². The van der Waals surface area contributed by atoms with Gasteiger partial charge in [-0.2, -0.15) is 0 Å². The van der Waals surface area contributed by atoms with Crippen molar-refractivity contribution in [2.45, 2.75) is 43.0 Å². The van der Waals surface area contributed by atoms with Crippen molar-refractivity contribution in [1.82, 2.24) is 4.72 Å². The molecule has 6 nitrogen and oxygen atoms in total. The second-order valence-corrected chi connectivity index (χ2v) is 10.1. The van der Waals surface area contributed by atoms with Gasteiger partial charge in [-0.1, -0.05) is 0 Å². The van der Waals surface area contributed by atoms with Gasteiger partial charge < -0.3 is 4.74 Å². The Labute approximate surface area is 137 Å². The molecule has 1 aromatic carbocycles. The molecule has 8 heteroatoms. The largest absolute Gasteiger partial charge is 0.496 e. The molecule has 1 aliphatic heterocycles. The summed E-state index contributed by atoms with van der Waals surface area (Å²) in [6.07, 6.45) is 3.80. The second-order valence-electron chi connectivity index (χ2n) is 6.15. The third-order valence-corrected chi connectivity index (χ3v) is 7.89. The molecule has 2 aliphatic rings. The molecule has 1 saturated heterocycles. The Morgan fingerprint density at radius 3 is 2.48 bits per heavy atom. The zero-order valence-corrected chi connectivity index (χ0v) is 14.7. The Morgan fingerprint density at radius 2 is 1.87 bits per heavy atom. The van der Waals surface area contributed by atoms with Crippen molar-refractivity contribution in [3.63, 3.8) is 0 Å². The summed E-state index contributed by atoms with van der Waals surface area (Å²) in [5.41, 5.74) is 1.77. The van der Waals surface area contributed by atoms with Crippen molar-refractivity contribution in [3.05, 3.63) is 23.3 Å². The number of sulfonamides is 1. The van der Waals surface area contributed by atoms with Gasteiger partial charge in [0.25, 0.3) is 0 Å². The number of fused-ring (bicyclic) bond motifs is 1. The molecule has 1 aliphatic carbocycles. The highest BCUT2D eigenvalue weighted by molar-refractivity contribution is 7.92. The standard InChI is InChI=1S/C15H21NO5S2/c1-21-14-6-7-15(13-5-3-2-4-12(13)14)23(19,20)16-11-8-9-22(17,18)10-11/h6-7,11,16H,2-5,8-10H2,1H3/t11-/m0/s1. The average molecular weight is 359 g/mol. The summed E-state index contributed by atoms with van der Waals surface area (Å²) in [5.74, 6) is 0.646. The normalized spacial score (nSPS) is 23.4. The molecule has 1 aromatic rings. The Bertz CT molecular complexity index is 815. The summed E-state index contributed by atoms with van der Waals surface area (Å²) >= 11 is 0. The lowest BCUT2D eigenvalue weighted by Crippen LogP contribution is -2.36. The highest BCUT2D eigenvalue weighted by atomic mass is 32.2. The Kier molecular flexibility index (Phi) is 4.41. The van der Waals surface area contributed by atoms with Crippen LogP contribution in [-0.4, -0.2) is 41.5 Å². The molecule has 1 atom stereocenters. The molecule has 0 amide bonds. The van der Waals surface area contributed by atoms with Crippen LogP contribution in [0.15, 0.2) is 17.0 Å². The number of hydrogen-bond acceptors (Lipinski definition) is 5. The van der Waals surface area contributed by atoms with Crippen molar-refractivity contribution in [1.29, 1.82) is 0 Å². The molecular weight excluding hydrogens is 338 g/mol. The minimum atomic E-state index is -3.73. The summed E-state index contributed by atoms with van der Waals surface area (Å²) < 4.78 is 56.4. The van der Waals surface area contributed by atoms with E-state index >= 15 is 0 Å². The zero-order chi connectivity index (χ0) is 16.7. The van der Waals surface area contributed by atoms with Crippen molar-refractivity contribution < 1.29 is 21.6 Å². The van der Waals surface area contributed by atoms with Crippen LogP contribution in [0.4, 0.5) is 0 Å². The Balaban J connectivity index is 1.94. The summed E-state index contributed by atoms with van der Waals surface area (Å²) in [4.78, 5) is 0.261. The van der Waals surface area contributed by atoms with Crippen LogP contribution in [0, 0.1) is 0 Å². The van der Waals surface area contributed by atoms with Gasteiger partial charge in [-0.05, 0) is 55.4 Å². The summed E-state index contributed by atoms with van der Waals surface area (Å²) in [6.45, 7) is 0. The van der Waals surface area contributed by atoms with Crippen LogP contribution in [-0.2, 0) is 32.7 Å². The van der Waals surface area contributed by atoms with Gasteiger partial charge in [0.2, 0.25) is 10.0 Å². The molecule has 1 heterocycles. The van der Waals surface area contributed by atoms with Gasteiger partial charge in [0.1, 0.15) is 5.75 Å². The van der Waals surface area contributed by atoms with Crippen LogP contribution >= 0.6 is 0 Å². The number of sulfone groups is 1. The van der Waals surface area contributed by atoms with E-state index in [0.717, 1.165) is 36.1 Å². The topological polar surface area (TPSA) is 89.5 Å². The third-order valence-electron chi connectivity index (χ3n) is 4.51. The minimum Gasteiger partial charge on any atom is -0.496 e. The maximum absolute atomic E-state index is 12.7. The highest BCUT2D eigenvalue weighted by Crippen LogP contribution is 2.34. The van der Waals surface area contributed by atoms with Gasteiger partial charge in [0.05, 0.1) is 23.5 Å². The molecular formula is C15H21NO5S2. The molecule has 0 spiro atoms. The fourth-order valence-corrected chi connectivity index (χ4v) is 6.76. The maximum atomic E-state index is 12.7. The molecule has 3 rings (SSSR count). The van der Waals surface area contributed by atoms with Gasteiger partial charge in [0, 0.05) is 6.04 Å². The first-order chi connectivity index (χ1) is 10.8. The average Bonchev–Trinajstić information content (AvgIpc) is 2.84. The lowest BCUT2D eigenvalue weighted by Gasteiger charge is -2.22. The molecule has 128 valence electrons. The van der Waals surface area contributed by atoms with E-state index in [2.05, 4.69) is 4.72 Å². The zero-order valence-electron chi connectivity index (χ0n) is 13.0. The number of nitrogens with one attached hydrogen (secondary N) is 1. The fourth-order valence-electron chi connectivity index (χ4n) is 3.42. The number of ether oxygens (including phenoxy) is 1. The Hall–Kier alpha value is -1.12. The van der Waals surface area contributed by atoms with E-state index < -0.39 is 25.9 Å². The molecule has 0 unspecified atom stereocenters. The summed E-state index contributed by atoms with van der Waals surface area (Å²) in [5, 5.41) is 0. The second kappa shape index (κ2) is 6.07. The minimum absolute atomic E-state index is 0.0426. The molecule has 0 radical (unpaired) electrons. The van der Waals surface area contributed by atoms with E-state index in [1.54, 1.807) is 19.2 Å². The fraction of sp³-hybridized carbons (Fsp3) is 0.600. The van der Waals surface area contributed by atoms with Crippen molar-refractivity contribution in [2.24, 2.45) is 0 Å². The molecule has 1 N–H and O–H groups in total. The Morgan fingerprint density at radius 1 is 1.17 bits per heavy atom. The molecule has 0 aromatic heterocycles. The monoisotopic (exact) mass is 359 g/mol. The van der Waals surface area contributed by atoms with Gasteiger partial charge in [-0.3, -0.25) is 0 Å². The van der Waals surface area contributed by atoms with Crippen LogP contribution in [0.3, 0.4) is 0 Å². The summed E-state index contributed by atoms with van der Waals surface area (Å²) in [6, 6.07) is 2.71. The predicted molar refractivity (Wildman–Crippen MR) is 87.0 cm³/mol. The van der Waals surface area contributed by atoms with Crippen LogP contribution in [0.1, 0.15) is 30.4 Å². The van der Waals surface area contributed by atoms with E-state index in [-0.39, 0.29) is 16.4 Å². The van der Waals surface area contributed by atoms with Gasteiger partial charge in [0.15, 0.2) is 9.84 Å². The van der Waals surface area contributed by atoms with Crippen LogP contribution in [0.5, 0.6) is 5.75 Å². The van der Waals surface area contributed by atoms with Crippen molar-refractivity contribution >= 4 is 19.9 Å². The maximum Gasteiger partial charge on any atom is 0.241 e. The first-order valence-electron chi connectivity index (χ1n) is 7.74. The lowest BCUT2D eigenvalue weighted by atomic mass is 9.91. The van der Waals surface area contributed by atoms with Gasteiger partial charge in [-0.25, -0.2) is 21.6 Å². The number of rotatable bonds is 4. The van der Waals surface area contributed by atoms with Crippen molar-refractivity contribution in [3.8, 4) is 5.75 Å². The first-order valence-corrected chi connectivity index (χ1v) is 11.0. The first kappa shape index (κ1) is 16.7. The molecule has 1 fully saturated rings. The van der Waals surface area contributed by atoms with Gasteiger partial charge in [-0.15, -0.1) is 0 Å². The van der Waals surface area contributed by atoms with Crippen LogP contribution < -0.4 is 9.46 Å².